The summed E-state index contributed by atoms with van der Waals surface area (Å²) in [6.45, 7) is 2.82. The first-order valence-corrected chi connectivity index (χ1v) is 11.8. The molecule has 4 aliphatic rings. The van der Waals surface area contributed by atoms with Crippen LogP contribution in [-0.2, 0) is 27.8 Å². The van der Waals surface area contributed by atoms with Gasteiger partial charge >= 0.3 is 10.2 Å². The SMILES string of the molecule is O=C1CN(c2c(O)cc3c(c2F)CC(C2CCN(CC4CC4)C2)CC3)S(=O)(=O)N1. The minimum absolute atomic E-state index is 0.355. The van der Waals surface area contributed by atoms with Crippen LogP contribution in [0.1, 0.15) is 36.8 Å². The quantitative estimate of drug-likeness (QED) is 0.767. The van der Waals surface area contributed by atoms with Gasteiger partial charge in [-0.15, -0.1) is 0 Å². The lowest BCUT2D eigenvalue weighted by molar-refractivity contribution is -0.117. The molecule has 2 unspecified atom stereocenters. The molecule has 2 saturated heterocycles. The lowest BCUT2D eigenvalue weighted by Gasteiger charge is -2.31. The predicted octanol–water partition coefficient (Wildman–Crippen LogP) is 1.55. The Kier molecular flexibility index (Phi) is 4.51. The molecular weight excluding hydrogens is 397 g/mol. The predicted molar refractivity (Wildman–Crippen MR) is 105 cm³/mol. The topological polar surface area (TPSA) is 90.0 Å². The van der Waals surface area contributed by atoms with Gasteiger partial charge in [-0.1, -0.05) is 0 Å². The van der Waals surface area contributed by atoms with Crippen LogP contribution in [0.4, 0.5) is 10.1 Å². The van der Waals surface area contributed by atoms with Gasteiger partial charge < -0.3 is 10.0 Å². The number of amides is 1. The van der Waals surface area contributed by atoms with Crippen LogP contribution in [0, 0.1) is 23.6 Å². The van der Waals surface area contributed by atoms with Crippen LogP contribution >= 0.6 is 0 Å². The Hall–Kier alpha value is -1.87. The van der Waals surface area contributed by atoms with Crippen molar-refractivity contribution in [3.63, 3.8) is 0 Å². The molecule has 1 aromatic rings. The molecule has 2 aliphatic carbocycles. The molecule has 0 aromatic heterocycles. The van der Waals surface area contributed by atoms with Crippen molar-refractivity contribution in [3.05, 3.63) is 23.0 Å². The molecule has 0 bridgehead atoms. The van der Waals surface area contributed by atoms with E-state index in [0.717, 1.165) is 37.4 Å². The summed E-state index contributed by atoms with van der Waals surface area (Å²) in [7, 11) is -4.18. The Labute approximate surface area is 170 Å². The number of phenolic OH excluding ortho intramolecular Hbond substituents is 1. The zero-order chi connectivity index (χ0) is 20.3. The highest BCUT2D eigenvalue weighted by Crippen LogP contribution is 2.43. The third-order valence-corrected chi connectivity index (χ3v) is 8.30. The highest BCUT2D eigenvalue weighted by atomic mass is 32.2. The summed E-state index contributed by atoms with van der Waals surface area (Å²) in [5.74, 6) is -0.136. The molecule has 1 aromatic carbocycles. The van der Waals surface area contributed by atoms with Gasteiger partial charge in [0.05, 0.1) is 0 Å². The fraction of sp³-hybridized carbons (Fsp3) is 0.650. The van der Waals surface area contributed by atoms with Crippen LogP contribution < -0.4 is 9.03 Å². The third kappa shape index (κ3) is 3.48. The van der Waals surface area contributed by atoms with Crippen LogP contribution in [0.5, 0.6) is 5.75 Å². The number of nitrogens with one attached hydrogen (secondary N) is 1. The second-order valence-corrected chi connectivity index (χ2v) is 10.6. The van der Waals surface area contributed by atoms with Gasteiger partial charge in [0.1, 0.15) is 18.0 Å². The number of fused-ring (bicyclic) bond motifs is 1. The van der Waals surface area contributed by atoms with Gasteiger partial charge in [0.15, 0.2) is 5.82 Å². The van der Waals surface area contributed by atoms with Crippen molar-refractivity contribution in [1.29, 1.82) is 0 Å². The maximum Gasteiger partial charge on any atom is 0.326 e. The highest BCUT2D eigenvalue weighted by Gasteiger charge is 2.40. The van der Waals surface area contributed by atoms with E-state index >= 15 is 4.39 Å². The highest BCUT2D eigenvalue weighted by molar-refractivity contribution is 7.92. The number of hydrogen-bond donors (Lipinski definition) is 2. The fourth-order valence-electron chi connectivity index (χ4n) is 5.23. The average Bonchev–Trinajstić information content (AvgIpc) is 3.26. The summed E-state index contributed by atoms with van der Waals surface area (Å²) in [4.78, 5) is 14.1. The first-order chi connectivity index (χ1) is 13.8. The Morgan fingerprint density at radius 1 is 1.21 bits per heavy atom. The minimum Gasteiger partial charge on any atom is -0.506 e. The van der Waals surface area contributed by atoms with Crippen LogP contribution in [0.15, 0.2) is 6.07 Å². The third-order valence-electron chi connectivity index (χ3n) is 6.92. The molecule has 9 heteroatoms. The van der Waals surface area contributed by atoms with Gasteiger partial charge in [-0.3, -0.25) is 4.79 Å². The van der Waals surface area contributed by atoms with E-state index in [9.17, 15) is 18.3 Å². The number of halogens is 1. The number of hydrogen-bond acceptors (Lipinski definition) is 5. The van der Waals surface area contributed by atoms with Crippen LogP contribution in [0.3, 0.4) is 0 Å². The van der Waals surface area contributed by atoms with Crippen molar-refractivity contribution in [1.82, 2.24) is 9.62 Å². The molecule has 0 spiro atoms. The number of nitrogens with zero attached hydrogens (tertiary/aromatic N) is 2. The molecule has 5 rings (SSSR count). The number of likely N-dealkylation sites (tertiary alicyclic amines) is 1. The summed E-state index contributed by atoms with van der Waals surface area (Å²) in [6, 6.07) is 1.47. The molecule has 1 amide bonds. The second kappa shape index (κ2) is 6.84. The van der Waals surface area contributed by atoms with Crippen molar-refractivity contribution in [3.8, 4) is 5.75 Å². The standard InChI is InChI=1S/C20H26FN3O4S/c21-19-16-7-13(15-5-6-23(10-15)9-12-1-2-12)3-4-14(16)8-17(25)20(19)24-11-18(26)22-29(24,27)28/h8,12-13,15,25H,1-7,9-11H2,(H,22,26). The molecule has 29 heavy (non-hydrogen) atoms. The smallest absolute Gasteiger partial charge is 0.326 e. The molecule has 7 nitrogen and oxygen atoms in total. The minimum atomic E-state index is -4.18. The van der Waals surface area contributed by atoms with Crippen molar-refractivity contribution in [2.75, 3.05) is 30.5 Å². The molecule has 2 atom stereocenters. The summed E-state index contributed by atoms with van der Waals surface area (Å²) in [5.41, 5.74) is 0.817. The number of carbonyl (C=O) groups is 1. The maximum absolute atomic E-state index is 15.4. The van der Waals surface area contributed by atoms with E-state index in [0.29, 0.717) is 34.5 Å². The van der Waals surface area contributed by atoms with Gasteiger partial charge in [0.25, 0.3) is 5.91 Å². The molecular formula is C20H26FN3O4S. The molecule has 2 aliphatic heterocycles. The molecule has 3 fully saturated rings. The molecule has 0 radical (unpaired) electrons. The summed E-state index contributed by atoms with van der Waals surface area (Å²) >= 11 is 0. The summed E-state index contributed by atoms with van der Waals surface area (Å²) < 4.78 is 42.2. The largest absolute Gasteiger partial charge is 0.506 e. The Morgan fingerprint density at radius 3 is 2.69 bits per heavy atom. The van der Waals surface area contributed by atoms with Gasteiger partial charge in [-0.2, -0.15) is 8.42 Å². The lowest BCUT2D eigenvalue weighted by Crippen LogP contribution is -2.31. The van der Waals surface area contributed by atoms with Crippen molar-refractivity contribution < 1.29 is 22.7 Å². The first-order valence-electron chi connectivity index (χ1n) is 10.4. The first kappa shape index (κ1) is 19.1. The number of aromatic hydroxyl groups is 1. The van der Waals surface area contributed by atoms with Crippen LogP contribution in [-0.4, -0.2) is 50.5 Å². The van der Waals surface area contributed by atoms with E-state index in [1.807, 2.05) is 4.72 Å². The fourth-order valence-corrected chi connectivity index (χ4v) is 6.39. The number of rotatable bonds is 4. The van der Waals surface area contributed by atoms with E-state index in [-0.39, 0.29) is 0 Å². The van der Waals surface area contributed by atoms with E-state index < -0.39 is 39.9 Å². The van der Waals surface area contributed by atoms with E-state index in [1.165, 1.54) is 25.5 Å². The number of anilines is 1. The van der Waals surface area contributed by atoms with Crippen molar-refractivity contribution >= 4 is 21.8 Å². The summed E-state index contributed by atoms with van der Waals surface area (Å²) in [6.07, 6.45) is 5.98. The zero-order valence-electron chi connectivity index (χ0n) is 16.2. The lowest BCUT2D eigenvalue weighted by atomic mass is 9.76. The van der Waals surface area contributed by atoms with Crippen molar-refractivity contribution in [2.45, 2.75) is 38.5 Å². The normalized spacial score (nSPS) is 29.1. The average molecular weight is 424 g/mol. The van der Waals surface area contributed by atoms with Gasteiger partial charge in [0.2, 0.25) is 0 Å². The van der Waals surface area contributed by atoms with Gasteiger partial charge in [-0.05, 0) is 80.0 Å². The number of benzene rings is 1. The Morgan fingerprint density at radius 2 is 2.00 bits per heavy atom. The van der Waals surface area contributed by atoms with E-state index in [1.54, 1.807) is 0 Å². The molecule has 158 valence electrons. The van der Waals surface area contributed by atoms with E-state index in [4.69, 9.17) is 0 Å². The maximum atomic E-state index is 15.4. The molecule has 1 saturated carbocycles. The molecule has 2 N–H and O–H groups in total. The number of phenols is 1. The summed E-state index contributed by atoms with van der Waals surface area (Å²) in [5, 5.41) is 10.3. The molecule has 2 heterocycles. The van der Waals surface area contributed by atoms with Crippen LogP contribution in [0.25, 0.3) is 0 Å². The number of carbonyl (C=O) groups excluding carboxylic acids is 1. The Balaban J connectivity index is 1.39. The second-order valence-electron chi connectivity index (χ2n) is 8.99. The van der Waals surface area contributed by atoms with E-state index in [2.05, 4.69) is 4.90 Å². The monoisotopic (exact) mass is 423 g/mol. The number of aryl methyl sites for hydroxylation is 1. The van der Waals surface area contributed by atoms with Crippen LogP contribution in [0.2, 0.25) is 0 Å². The van der Waals surface area contributed by atoms with Crippen molar-refractivity contribution in [2.24, 2.45) is 17.8 Å². The Bertz CT molecular complexity index is 963. The van der Waals surface area contributed by atoms with Gasteiger partial charge in [0, 0.05) is 13.1 Å². The van der Waals surface area contributed by atoms with Gasteiger partial charge in [-0.25, -0.2) is 13.4 Å². The zero-order valence-corrected chi connectivity index (χ0v) is 17.0.